The first-order valence-corrected chi connectivity index (χ1v) is 9.15. The number of nitrogens with zero attached hydrogens (tertiary/aromatic N) is 3. The summed E-state index contributed by atoms with van der Waals surface area (Å²) >= 11 is 0. The van der Waals surface area contributed by atoms with Crippen LogP contribution in [-0.2, 0) is 0 Å². The normalized spacial score (nSPS) is 17.2. The van der Waals surface area contributed by atoms with E-state index in [2.05, 4.69) is 41.5 Å². The Morgan fingerprint density at radius 3 is 2.64 bits per heavy atom. The number of hydrogen-bond acceptors (Lipinski definition) is 4. The van der Waals surface area contributed by atoms with Crippen molar-refractivity contribution in [2.24, 2.45) is 4.99 Å². The van der Waals surface area contributed by atoms with Gasteiger partial charge in [0.15, 0.2) is 5.96 Å². The molecule has 0 spiro atoms. The predicted octanol–water partition coefficient (Wildman–Crippen LogP) is 2.54. The highest BCUT2D eigenvalue weighted by molar-refractivity contribution is 14.0. The Morgan fingerprint density at radius 1 is 1.28 bits per heavy atom. The lowest BCUT2D eigenvalue weighted by Crippen LogP contribution is -2.43. The Morgan fingerprint density at radius 2 is 2.04 bits per heavy atom. The lowest BCUT2D eigenvalue weighted by atomic mass is 10.1. The van der Waals surface area contributed by atoms with Gasteiger partial charge in [0.05, 0.1) is 18.8 Å². The molecule has 2 N–H and O–H groups in total. The summed E-state index contributed by atoms with van der Waals surface area (Å²) in [5.74, 6) is 1.83. The van der Waals surface area contributed by atoms with E-state index < -0.39 is 0 Å². The lowest BCUT2D eigenvalue weighted by Gasteiger charge is -2.26. The Balaban J connectivity index is 0.00000312. The van der Waals surface area contributed by atoms with Gasteiger partial charge >= 0.3 is 0 Å². The molecule has 1 fully saturated rings. The summed E-state index contributed by atoms with van der Waals surface area (Å²) in [6.45, 7) is 8.10. The standard InChI is InChI=1S/C18H33N5O.HI/c1-4-19-18(20-10-13-23-11-6-5-7-12-23)21-15-16(22(2)3)17-9-8-14-24-17;/h8-9,14,16H,4-7,10-13,15H2,1-3H3,(H2,19,20,21);1H. The lowest BCUT2D eigenvalue weighted by molar-refractivity contribution is 0.232. The van der Waals surface area contributed by atoms with E-state index >= 15 is 0 Å². The first-order valence-electron chi connectivity index (χ1n) is 9.15. The molecule has 1 atom stereocenters. The molecule has 0 aliphatic carbocycles. The zero-order chi connectivity index (χ0) is 17.2. The molecule has 2 heterocycles. The molecule has 0 amide bonds. The molecule has 1 aromatic rings. The molecule has 0 aromatic carbocycles. The minimum absolute atomic E-state index is 0. The van der Waals surface area contributed by atoms with Crippen molar-refractivity contribution in [3.63, 3.8) is 0 Å². The summed E-state index contributed by atoms with van der Waals surface area (Å²) in [7, 11) is 4.11. The monoisotopic (exact) mass is 463 g/mol. The van der Waals surface area contributed by atoms with Crippen molar-refractivity contribution in [3.05, 3.63) is 24.2 Å². The minimum atomic E-state index is 0. The van der Waals surface area contributed by atoms with Gasteiger partial charge in [-0.15, -0.1) is 24.0 Å². The maximum absolute atomic E-state index is 5.55. The Labute approximate surface area is 169 Å². The fraction of sp³-hybridized carbons (Fsp3) is 0.722. The number of aliphatic imine (C=N–C) groups is 1. The highest BCUT2D eigenvalue weighted by Crippen LogP contribution is 2.18. The molecule has 2 rings (SSSR count). The second kappa shape index (κ2) is 12.5. The molecule has 7 heteroatoms. The van der Waals surface area contributed by atoms with Crippen LogP contribution in [0.3, 0.4) is 0 Å². The van der Waals surface area contributed by atoms with E-state index in [1.165, 1.54) is 32.4 Å². The van der Waals surface area contributed by atoms with Gasteiger partial charge < -0.3 is 20.0 Å². The zero-order valence-corrected chi connectivity index (χ0v) is 18.2. The smallest absolute Gasteiger partial charge is 0.191 e. The maximum Gasteiger partial charge on any atom is 0.191 e. The molecule has 1 aromatic heterocycles. The zero-order valence-electron chi connectivity index (χ0n) is 15.8. The average Bonchev–Trinajstić information content (AvgIpc) is 3.10. The molecular formula is C18H34IN5O. The Hall–Kier alpha value is -0.800. The van der Waals surface area contributed by atoms with Crippen molar-refractivity contribution in [1.29, 1.82) is 0 Å². The van der Waals surface area contributed by atoms with Crippen LogP contribution in [-0.4, -0.2) is 69.1 Å². The first-order chi connectivity index (χ1) is 11.7. The van der Waals surface area contributed by atoms with Crippen LogP contribution in [0.5, 0.6) is 0 Å². The van der Waals surface area contributed by atoms with Gasteiger partial charge in [-0.25, -0.2) is 0 Å². The van der Waals surface area contributed by atoms with Gasteiger partial charge in [-0.2, -0.15) is 0 Å². The number of nitrogens with one attached hydrogen (secondary N) is 2. The third kappa shape index (κ3) is 7.96. The highest BCUT2D eigenvalue weighted by Gasteiger charge is 2.16. The van der Waals surface area contributed by atoms with Crippen molar-refractivity contribution in [2.75, 3.05) is 53.4 Å². The van der Waals surface area contributed by atoms with Gasteiger partial charge in [0.2, 0.25) is 0 Å². The summed E-state index contributed by atoms with van der Waals surface area (Å²) in [5.41, 5.74) is 0. The van der Waals surface area contributed by atoms with Crippen LogP contribution < -0.4 is 10.6 Å². The second-order valence-corrected chi connectivity index (χ2v) is 6.54. The van der Waals surface area contributed by atoms with Gasteiger partial charge in [-0.1, -0.05) is 6.42 Å². The fourth-order valence-corrected chi connectivity index (χ4v) is 3.02. The topological polar surface area (TPSA) is 56.0 Å². The molecule has 25 heavy (non-hydrogen) atoms. The summed E-state index contributed by atoms with van der Waals surface area (Å²) in [6, 6.07) is 4.09. The van der Waals surface area contributed by atoms with Gasteiger partial charge in [0.1, 0.15) is 5.76 Å². The molecule has 0 bridgehead atoms. The molecule has 1 aliphatic rings. The largest absolute Gasteiger partial charge is 0.468 e. The summed E-state index contributed by atoms with van der Waals surface area (Å²) in [4.78, 5) is 9.42. The number of hydrogen-bond donors (Lipinski definition) is 2. The van der Waals surface area contributed by atoms with Crippen LogP contribution in [0.25, 0.3) is 0 Å². The van der Waals surface area contributed by atoms with Crippen molar-refractivity contribution < 1.29 is 4.42 Å². The van der Waals surface area contributed by atoms with Gasteiger partial charge in [-0.3, -0.25) is 9.89 Å². The van der Waals surface area contributed by atoms with E-state index in [9.17, 15) is 0 Å². The van der Waals surface area contributed by atoms with Crippen molar-refractivity contribution >= 4 is 29.9 Å². The van der Waals surface area contributed by atoms with E-state index in [4.69, 9.17) is 9.41 Å². The Kier molecular flexibility index (Phi) is 11.2. The van der Waals surface area contributed by atoms with E-state index in [0.29, 0.717) is 6.54 Å². The van der Waals surface area contributed by atoms with Crippen LogP contribution in [0.2, 0.25) is 0 Å². The quantitative estimate of drug-likeness (QED) is 0.353. The second-order valence-electron chi connectivity index (χ2n) is 6.54. The highest BCUT2D eigenvalue weighted by atomic mass is 127. The number of likely N-dealkylation sites (tertiary alicyclic amines) is 1. The molecule has 0 radical (unpaired) electrons. The number of guanidine groups is 1. The van der Waals surface area contributed by atoms with Crippen molar-refractivity contribution in [2.45, 2.75) is 32.2 Å². The molecule has 6 nitrogen and oxygen atoms in total. The summed E-state index contributed by atoms with van der Waals surface area (Å²) in [6.07, 6.45) is 5.77. The minimum Gasteiger partial charge on any atom is -0.468 e. The van der Waals surface area contributed by atoms with Crippen molar-refractivity contribution in [1.82, 2.24) is 20.4 Å². The number of halogens is 1. The van der Waals surface area contributed by atoms with Crippen molar-refractivity contribution in [3.8, 4) is 0 Å². The first kappa shape index (κ1) is 22.2. The van der Waals surface area contributed by atoms with Crippen LogP contribution in [0.1, 0.15) is 38.0 Å². The summed E-state index contributed by atoms with van der Waals surface area (Å²) < 4.78 is 5.55. The average molecular weight is 463 g/mol. The van der Waals surface area contributed by atoms with Gasteiger partial charge in [0, 0.05) is 19.6 Å². The third-order valence-corrected chi connectivity index (χ3v) is 4.43. The van der Waals surface area contributed by atoms with Crippen LogP contribution in [0.4, 0.5) is 0 Å². The van der Waals surface area contributed by atoms with E-state index in [1.807, 2.05) is 12.1 Å². The third-order valence-electron chi connectivity index (χ3n) is 4.43. The number of furan rings is 1. The predicted molar refractivity (Wildman–Crippen MR) is 115 cm³/mol. The molecule has 0 saturated carbocycles. The molecule has 1 unspecified atom stereocenters. The molecule has 1 saturated heterocycles. The summed E-state index contributed by atoms with van der Waals surface area (Å²) in [5, 5.41) is 6.79. The SMILES string of the molecule is CCNC(=NCC(c1ccco1)N(C)C)NCCN1CCCCC1.I. The van der Waals surface area contributed by atoms with Crippen LogP contribution in [0, 0.1) is 0 Å². The van der Waals surface area contributed by atoms with E-state index in [1.54, 1.807) is 6.26 Å². The maximum atomic E-state index is 5.55. The number of rotatable bonds is 8. The van der Waals surface area contributed by atoms with Gasteiger partial charge in [0.25, 0.3) is 0 Å². The van der Waals surface area contributed by atoms with E-state index in [0.717, 1.165) is 31.4 Å². The fourth-order valence-electron chi connectivity index (χ4n) is 3.02. The van der Waals surface area contributed by atoms with E-state index in [-0.39, 0.29) is 30.0 Å². The molecule has 1 aliphatic heterocycles. The van der Waals surface area contributed by atoms with Crippen LogP contribution >= 0.6 is 24.0 Å². The molecule has 144 valence electrons. The number of likely N-dealkylation sites (N-methyl/N-ethyl adjacent to an activating group) is 1. The van der Waals surface area contributed by atoms with Crippen LogP contribution in [0.15, 0.2) is 27.8 Å². The van der Waals surface area contributed by atoms with Gasteiger partial charge in [-0.05, 0) is 59.1 Å². The number of piperidine rings is 1. The Bertz CT molecular complexity index is 472. The molecular weight excluding hydrogens is 429 g/mol.